The van der Waals surface area contributed by atoms with Gasteiger partial charge in [-0.3, -0.25) is 4.79 Å². The van der Waals surface area contributed by atoms with E-state index in [1.54, 1.807) is 24.0 Å². The number of aromatic nitrogens is 3. The number of carbonyl (C=O) groups excluding carboxylic acids is 1. The van der Waals surface area contributed by atoms with Crippen LogP contribution in [0.1, 0.15) is 39.6 Å². The number of aliphatic hydroxyl groups is 1. The van der Waals surface area contributed by atoms with Crippen LogP contribution in [0.15, 0.2) is 47.2 Å². The summed E-state index contributed by atoms with van der Waals surface area (Å²) in [6, 6.07) is 9.72. The zero-order chi connectivity index (χ0) is 22.0. The van der Waals surface area contributed by atoms with Gasteiger partial charge in [0.15, 0.2) is 5.82 Å². The molecule has 1 fully saturated rings. The van der Waals surface area contributed by atoms with Crippen molar-refractivity contribution in [1.29, 1.82) is 0 Å². The summed E-state index contributed by atoms with van der Waals surface area (Å²) in [5, 5.41) is 18.5. The highest BCUT2D eigenvalue weighted by atomic mass is 16.5. The second-order valence-electron chi connectivity index (χ2n) is 8.27. The minimum atomic E-state index is -0.871. The summed E-state index contributed by atoms with van der Waals surface area (Å²) in [7, 11) is 1.78. The fraction of sp³-hybridized carbons (Fsp3) is 0.435. The molecule has 8 nitrogen and oxygen atoms in total. The van der Waals surface area contributed by atoms with Gasteiger partial charge in [0, 0.05) is 44.6 Å². The number of nitrogens with one attached hydrogen (secondary N) is 1. The monoisotopic (exact) mass is 423 g/mol. The van der Waals surface area contributed by atoms with Crippen molar-refractivity contribution in [1.82, 2.24) is 24.9 Å². The standard InChI is InChI=1S/C23H29N5O3/c1-16-19(17(2)31-26-16)9-12-28-13-10-23(20(29)15-28,18-7-5-4-6-8-18)25-22(30)21-24-11-14-27(21)3/h4-8,11,14,20,29H,9-10,12-13,15H2,1-3H3,(H,25,30)/t20-,23-/m1/s1. The quantitative estimate of drug-likeness (QED) is 0.629. The van der Waals surface area contributed by atoms with Crippen molar-refractivity contribution >= 4 is 5.91 Å². The van der Waals surface area contributed by atoms with E-state index in [1.165, 1.54) is 0 Å². The predicted octanol–water partition coefficient (Wildman–Crippen LogP) is 1.96. The van der Waals surface area contributed by atoms with Crippen LogP contribution >= 0.6 is 0 Å². The topological polar surface area (TPSA) is 96.4 Å². The molecule has 4 rings (SSSR count). The number of β-amino-alcohol motifs (C(OH)–C–C–N with tert-alkyl or cyclic N) is 1. The van der Waals surface area contributed by atoms with Gasteiger partial charge in [0.2, 0.25) is 0 Å². The number of hydrogen-bond acceptors (Lipinski definition) is 6. The number of piperidine rings is 1. The normalized spacial score (nSPS) is 21.9. The van der Waals surface area contributed by atoms with Crippen molar-refractivity contribution in [3.63, 3.8) is 0 Å². The van der Waals surface area contributed by atoms with E-state index in [4.69, 9.17) is 4.52 Å². The van der Waals surface area contributed by atoms with Crippen LogP contribution in [0.3, 0.4) is 0 Å². The number of hydrogen-bond donors (Lipinski definition) is 2. The van der Waals surface area contributed by atoms with Gasteiger partial charge in [0.25, 0.3) is 5.91 Å². The molecule has 0 aliphatic carbocycles. The molecule has 0 unspecified atom stereocenters. The van der Waals surface area contributed by atoms with Crippen LogP contribution in [-0.4, -0.2) is 56.4 Å². The van der Waals surface area contributed by atoms with Gasteiger partial charge in [0.05, 0.1) is 17.3 Å². The number of benzene rings is 1. The lowest BCUT2D eigenvalue weighted by Gasteiger charge is -2.46. The number of nitrogens with zero attached hydrogens (tertiary/aromatic N) is 4. The van der Waals surface area contributed by atoms with Crippen LogP contribution in [0.5, 0.6) is 0 Å². The highest BCUT2D eigenvalue weighted by molar-refractivity contribution is 5.91. The van der Waals surface area contributed by atoms with Crippen molar-refractivity contribution in [3.05, 3.63) is 71.1 Å². The molecule has 164 valence electrons. The minimum Gasteiger partial charge on any atom is -0.389 e. The Morgan fingerprint density at radius 1 is 1.32 bits per heavy atom. The molecular weight excluding hydrogens is 394 g/mol. The van der Waals surface area contributed by atoms with Crippen molar-refractivity contribution in [3.8, 4) is 0 Å². The number of aliphatic hydroxyl groups excluding tert-OH is 1. The SMILES string of the molecule is Cc1noc(C)c1CCN1CC[C@@](NC(=O)c2nccn2C)(c2ccccc2)[C@H](O)C1. The molecule has 8 heteroatoms. The summed E-state index contributed by atoms with van der Waals surface area (Å²) in [6.07, 6.45) is 3.97. The van der Waals surface area contributed by atoms with Crippen LogP contribution in [0, 0.1) is 13.8 Å². The maximum Gasteiger partial charge on any atom is 0.288 e. The van der Waals surface area contributed by atoms with E-state index in [1.807, 2.05) is 44.2 Å². The minimum absolute atomic E-state index is 0.292. The molecule has 0 bridgehead atoms. The Hall–Kier alpha value is -2.97. The van der Waals surface area contributed by atoms with E-state index < -0.39 is 11.6 Å². The molecule has 31 heavy (non-hydrogen) atoms. The number of rotatable bonds is 6. The molecule has 2 N–H and O–H groups in total. The van der Waals surface area contributed by atoms with E-state index in [0.29, 0.717) is 18.8 Å². The van der Waals surface area contributed by atoms with Gasteiger partial charge in [-0.2, -0.15) is 0 Å². The smallest absolute Gasteiger partial charge is 0.288 e. The van der Waals surface area contributed by atoms with Crippen LogP contribution < -0.4 is 5.32 Å². The van der Waals surface area contributed by atoms with Crippen molar-refractivity contribution in [2.24, 2.45) is 7.05 Å². The summed E-state index contributed by atoms with van der Waals surface area (Å²) in [4.78, 5) is 19.4. The molecule has 1 amide bonds. The summed E-state index contributed by atoms with van der Waals surface area (Å²) in [5.74, 6) is 0.874. The van der Waals surface area contributed by atoms with Gasteiger partial charge >= 0.3 is 0 Å². The molecule has 2 atom stereocenters. The summed E-state index contributed by atoms with van der Waals surface area (Å²) < 4.78 is 6.94. The Labute approximate surface area is 181 Å². The first-order valence-electron chi connectivity index (χ1n) is 10.6. The van der Waals surface area contributed by atoms with E-state index in [2.05, 4.69) is 20.4 Å². The molecular formula is C23H29N5O3. The van der Waals surface area contributed by atoms with Gasteiger partial charge < -0.3 is 24.4 Å². The van der Waals surface area contributed by atoms with E-state index in [0.717, 1.165) is 42.1 Å². The lowest BCUT2D eigenvalue weighted by Crippen LogP contribution is -2.62. The van der Waals surface area contributed by atoms with Gasteiger partial charge in [-0.05, 0) is 32.3 Å². The predicted molar refractivity (Wildman–Crippen MR) is 116 cm³/mol. The van der Waals surface area contributed by atoms with E-state index >= 15 is 0 Å². The molecule has 1 saturated heterocycles. The van der Waals surface area contributed by atoms with Crippen LogP contribution in [0.25, 0.3) is 0 Å². The first-order valence-corrected chi connectivity index (χ1v) is 10.6. The zero-order valence-electron chi connectivity index (χ0n) is 18.2. The lowest BCUT2D eigenvalue weighted by molar-refractivity contribution is -0.0154. The average molecular weight is 424 g/mol. The van der Waals surface area contributed by atoms with Crippen molar-refractivity contribution in [2.45, 2.75) is 38.3 Å². The molecule has 3 aromatic rings. The second kappa shape index (κ2) is 8.64. The Morgan fingerprint density at radius 2 is 2.10 bits per heavy atom. The highest BCUT2D eigenvalue weighted by Gasteiger charge is 2.45. The van der Waals surface area contributed by atoms with Crippen LogP contribution in [0.4, 0.5) is 0 Å². The van der Waals surface area contributed by atoms with E-state index in [-0.39, 0.29) is 5.91 Å². The zero-order valence-corrected chi connectivity index (χ0v) is 18.2. The van der Waals surface area contributed by atoms with Gasteiger partial charge in [0.1, 0.15) is 5.76 Å². The molecule has 0 radical (unpaired) electrons. The third kappa shape index (κ3) is 4.13. The summed E-state index contributed by atoms with van der Waals surface area (Å²) in [5.41, 5.74) is 2.06. The fourth-order valence-corrected chi connectivity index (χ4v) is 4.46. The van der Waals surface area contributed by atoms with Gasteiger partial charge in [-0.15, -0.1) is 0 Å². The largest absolute Gasteiger partial charge is 0.389 e. The molecule has 0 spiro atoms. The Bertz CT molecular complexity index is 1030. The lowest BCUT2D eigenvalue weighted by atomic mass is 9.78. The number of aryl methyl sites for hydroxylation is 3. The summed E-state index contributed by atoms with van der Waals surface area (Å²) >= 11 is 0. The van der Waals surface area contributed by atoms with Crippen molar-refractivity contribution in [2.75, 3.05) is 19.6 Å². The third-order valence-corrected chi connectivity index (χ3v) is 6.33. The molecule has 3 heterocycles. The van der Waals surface area contributed by atoms with Crippen molar-refractivity contribution < 1.29 is 14.4 Å². The Kier molecular flexibility index (Phi) is 5.93. The molecule has 1 aliphatic heterocycles. The molecule has 0 saturated carbocycles. The van der Waals surface area contributed by atoms with Crippen LogP contribution in [-0.2, 0) is 19.0 Å². The summed E-state index contributed by atoms with van der Waals surface area (Å²) in [6.45, 7) is 5.87. The Morgan fingerprint density at radius 3 is 2.71 bits per heavy atom. The first-order chi connectivity index (χ1) is 14.9. The number of imidazole rings is 1. The molecule has 2 aromatic heterocycles. The molecule has 1 aliphatic rings. The maximum absolute atomic E-state index is 13.0. The molecule has 1 aromatic carbocycles. The number of amides is 1. The second-order valence-corrected chi connectivity index (χ2v) is 8.27. The first kappa shape index (κ1) is 21.3. The average Bonchev–Trinajstić information content (AvgIpc) is 3.34. The number of carbonyl (C=O) groups is 1. The highest BCUT2D eigenvalue weighted by Crippen LogP contribution is 2.34. The van der Waals surface area contributed by atoms with Gasteiger partial charge in [-0.1, -0.05) is 35.5 Å². The number of likely N-dealkylation sites (tertiary alicyclic amines) is 1. The van der Waals surface area contributed by atoms with E-state index in [9.17, 15) is 9.90 Å². The third-order valence-electron chi connectivity index (χ3n) is 6.33. The van der Waals surface area contributed by atoms with Gasteiger partial charge in [-0.25, -0.2) is 4.98 Å². The Balaban J connectivity index is 1.53. The maximum atomic E-state index is 13.0. The fourth-order valence-electron chi connectivity index (χ4n) is 4.46. The van der Waals surface area contributed by atoms with Crippen LogP contribution in [0.2, 0.25) is 0 Å².